The molecule has 104 heavy (non-hydrogen) atoms. The van der Waals surface area contributed by atoms with Crippen LogP contribution in [0.2, 0.25) is 0 Å². The van der Waals surface area contributed by atoms with E-state index in [1.807, 2.05) is 0 Å². The van der Waals surface area contributed by atoms with Crippen LogP contribution in [0.15, 0.2) is 48.6 Å². The number of rotatable bonds is 49. The molecule has 7 amide bonds. The number of hydrogen-bond donors (Lipinski definition) is 6. The van der Waals surface area contributed by atoms with Crippen molar-refractivity contribution in [2.24, 2.45) is 17.8 Å². The second kappa shape index (κ2) is 45.6. The zero-order chi connectivity index (χ0) is 74.0. The Labute approximate surface area is 609 Å². The Morgan fingerprint density at radius 1 is 0.625 bits per heavy atom. The monoisotopic (exact) mass is 1470 g/mol. The fourth-order valence-electron chi connectivity index (χ4n) is 13.3. The van der Waals surface area contributed by atoms with Gasteiger partial charge in [0.1, 0.15) is 36.7 Å². The lowest BCUT2D eigenvalue weighted by atomic mass is 9.82. The third-order valence-corrected chi connectivity index (χ3v) is 19.0. The van der Waals surface area contributed by atoms with Crippen molar-refractivity contribution in [2.45, 2.75) is 191 Å². The molecule has 6 saturated heterocycles. The van der Waals surface area contributed by atoms with Crippen LogP contribution in [0, 0.1) is 17.8 Å². The van der Waals surface area contributed by atoms with E-state index in [2.05, 4.69) is 47.0 Å². The van der Waals surface area contributed by atoms with E-state index in [1.54, 1.807) is 38.1 Å². The standard InChI is InChI=1S/C73H112N6O25/c1-6-55-35-48(4)49(5)59(100-55)40-60-51(36-53(80)38-56-11-12-58-62(101-56)45-98-69-41-61-71(104-69)63(103-58)46-97-61)37-57(102-60)39-54(81)42-76-73(88)99-44-50-7-9-52(10-8-50)77-66(84)43-75-72(87)70(47(2)3)78-65(83)16-19-89-21-23-91-25-27-93-29-31-95-33-34-96-32-30-94-28-26-92-24-22-90-20-17-74-64(82)15-18-79-67(85)13-14-68(79)86/h7-10,13-14,47-48,51,54-63,69-71,81H,5-6,11-12,15-46H2,1-4H3,(H,74,82)(H,75,87)(H,76,88)(H,77,84)(H,78,83)/t48?,51?,54?,55?,56?,57-,58?,59?,60-,61?,62+,63?,69?,70?,71?/m0/s1. The van der Waals surface area contributed by atoms with E-state index in [9.17, 15) is 43.5 Å². The van der Waals surface area contributed by atoms with Crippen molar-refractivity contribution in [3.8, 4) is 0 Å². The van der Waals surface area contributed by atoms with Crippen LogP contribution in [0.1, 0.15) is 110 Å². The van der Waals surface area contributed by atoms with Gasteiger partial charge in [-0.2, -0.15) is 0 Å². The Morgan fingerprint density at radius 3 is 1.88 bits per heavy atom. The summed E-state index contributed by atoms with van der Waals surface area (Å²) >= 11 is 0. The SMILES string of the molecule is C=C1C(C)CC(CC)OC1C[C@@H]1O[C@H](CC(O)CNC(=O)OCc2ccc(NC(=O)CNC(=O)C(NC(=O)CCOCCOCCOCCOCCOCCOCCOCCOCCNC(=O)CCN3C(=O)C=CC3=O)C(C)C)cc2)CC1CC(=O)CC1CCC2OC3COC4CC(OC[C@H]2O1)OC43. The zero-order valence-corrected chi connectivity index (χ0v) is 60.8. The number of imide groups is 1. The third kappa shape index (κ3) is 29.3. The summed E-state index contributed by atoms with van der Waals surface area (Å²) in [4.78, 5) is 102. The molecule has 12 unspecified atom stereocenters. The zero-order valence-electron chi connectivity index (χ0n) is 60.8. The number of hydrogen-bond acceptors (Lipinski definition) is 25. The van der Waals surface area contributed by atoms with Crippen LogP contribution in [0.5, 0.6) is 0 Å². The van der Waals surface area contributed by atoms with E-state index in [0.29, 0.717) is 149 Å². The van der Waals surface area contributed by atoms with Gasteiger partial charge >= 0.3 is 6.09 Å². The maximum atomic E-state index is 14.0. The molecule has 1 aromatic rings. The minimum Gasteiger partial charge on any atom is -0.445 e. The van der Waals surface area contributed by atoms with Gasteiger partial charge in [0.05, 0.1) is 174 Å². The summed E-state index contributed by atoms with van der Waals surface area (Å²) in [5.74, 6) is -2.56. The molecule has 15 atom stereocenters. The summed E-state index contributed by atoms with van der Waals surface area (Å²) < 4.78 is 93.7. The van der Waals surface area contributed by atoms with Crippen LogP contribution in [0.4, 0.5) is 10.5 Å². The number of Topliss-reactive ketones (excluding diaryl/α,β-unsaturated/α-hetero) is 1. The number of fused-ring (bicyclic) bond motifs is 2. The molecule has 0 aromatic heterocycles. The Balaban J connectivity index is 0.594. The largest absolute Gasteiger partial charge is 0.445 e. The highest BCUT2D eigenvalue weighted by molar-refractivity contribution is 6.13. The quantitative estimate of drug-likeness (QED) is 0.0310. The minimum absolute atomic E-state index is 0.00890. The van der Waals surface area contributed by atoms with Gasteiger partial charge in [0.25, 0.3) is 11.8 Å². The number of amides is 7. The molecule has 8 rings (SSSR count). The average molecular weight is 1470 g/mol. The number of alkyl carbamates (subject to hydrolysis) is 1. The van der Waals surface area contributed by atoms with Gasteiger partial charge in [-0.15, -0.1) is 0 Å². The number of ether oxygens (including phenoxy) is 16. The van der Waals surface area contributed by atoms with Crippen LogP contribution in [-0.2, 0) is 116 Å². The molecule has 31 heteroatoms. The highest BCUT2D eigenvalue weighted by atomic mass is 16.7. The molecule has 31 nitrogen and oxygen atoms in total. The smallest absolute Gasteiger partial charge is 0.407 e. The highest BCUT2D eigenvalue weighted by Crippen LogP contribution is 2.41. The van der Waals surface area contributed by atoms with Crippen molar-refractivity contribution < 1.29 is 119 Å². The molecule has 0 aliphatic carbocycles. The van der Waals surface area contributed by atoms with Crippen molar-refractivity contribution in [3.63, 3.8) is 0 Å². The number of ketones is 1. The Morgan fingerprint density at radius 2 is 1.25 bits per heavy atom. The maximum absolute atomic E-state index is 14.0. The van der Waals surface area contributed by atoms with Gasteiger partial charge in [-0.1, -0.05) is 46.4 Å². The second-order valence-electron chi connectivity index (χ2n) is 27.4. The predicted molar refractivity (Wildman–Crippen MR) is 371 cm³/mol. The second-order valence-corrected chi connectivity index (χ2v) is 27.4. The Bertz CT molecular complexity index is 2860. The van der Waals surface area contributed by atoms with Gasteiger partial charge in [0.15, 0.2) is 6.29 Å². The molecule has 0 spiro atoms. The molecule has 584 valence electrons. The summed E-state index contributed by atoms with van der Waals surface area (Å²) in [6.07, 6.45) is 4.14. The molecule has 7 aliphatic heterocycles. The normalized spacial score (nSPS) is 26.3. The number of aliphatic hydroxyl groups is 1. The third-order valence-electron chi connectivity index (χ3n) is 19.0. The molecular weight excluding hydrogens is 1360 g/mol. The van der Waals surface area contributed by atoms with E-state index in [0.717, 1.165) is 29.7 Å². The molecule has 0 radical (unpaired) electrons. The predicted octanol–water partition coefficient (Wildman–Crippen LogP) is 2.93. The van der Waals surface area contributed by atoms with Crippen LogP contribution >= 0.6 is 0 Å². The first-order valence-corrected chi connectivity index (χ1v) is 37.0. The van der Waals surface area contributed by atoms with Gasteiger partial charge in [-0.3, -0.25) is 38.5 Å². The van der Waals surface area contributed by atoms with E-state index in [4.69, 9.17) is 75.8 Å². The average Bonchev–Trinajstić information content (AvgIpc) is 1.63. The van der Waals surface area contributed by atoms with E-state index in [1.165, 1.54) is 12.2 Å². The van der Waals surface area contributed by atoms with Gasteiger partial charge in [0, 0.05) is 82.4 Å². The van der Waals surface area contributed by atoms with E-state index >= 15 is 0 Å². The summed E-state index contributed by atoms with van der Waals surface area (Å²) in [5, 5.41) is 24.6. The summed E-state index contributed by atoms with van der Waals surface area (Å²) in [7, 11) is 0. The molecule has 0 saturated carbocycles. The van der Waals surface area contributed by atoms with Crippen LogP contribution in [-0.4, -0.2) is 282 Å². The first kappa shape index (κ1) is 83.7. The van der Waals surface area contributed by atoms with Crippen LogP contribution in [0.3, 0.4) is 0 Å². The van der Waals surface area contributed by atoms with Gasteiger partial charge in [-0.25, -0.2) is 4.79 Å². The number of anilines is 1. The molecule has 6 fully saturated rings. The van der Waals surface area contributed by atoms with Gasteiger partial charge < -0.3 is 107 Å². The van der Waals surface area contributed by atoms with Crippen LogP contribution < -0.4 is 26.6 Å². The van der Waals surface area contributed by atoms with E-state index in [-0.39, 0.29) is 174 Å². The molecular formula is C73H112N6O25. The first-order valence-electron chi connectivity index (χ1n) is 37.0. The Hall–Kier alpha value is -5.98. The molecule has 7 aliphatic rings. The van der Waals surface area contributed by atoms with Gasteiger partial charge in [-0.05, 0) is 73.1 Å². The van der Waals surface area contributed by atoms with Crippen molar-refractivity contribution in [1.29, 1.82) is 0 Å². The first-order chi connectivity index (χ1) is 50.4. The number of aliphatic hydroxyl groups excluding tert-OH is 1. The number of carbonyl (C=O) groups is 8. The van der Waals surface area contributed by atoms with Crippen LogP contribution in [0.25, 0.3) is 0 Å². The van der Waals surface area contributed by atoms with Crippen molar-refractivity contribution >= 4 is 53.0 Å². The molecule has 6 N–H and O–H groups in total. The molecule has 7 heterocycles. The summed E-state index contributed by atoms with van der Waals surface area (Å²) in [5.41, 5.74) is 2.09. The minimum atomic E-state index is -0.966. The van der Waals surface area contributed by atoms with E-state index < -0.39 is 41.9 Å². The van der Waals surface area contributed by atoms with Crippen molar-refractivity contribution in [2.75, 3.05) is 150 Å². The summed E-state index contributed by atoms with van der Waals surface area (Å²) in [6.45, 7) is 18.4. The topological polar surface area (TPSA) is 368 Å². The number of nitrogens with zero attached hydrogens (tertiary/aromatic N) is 1. The number of benzene rings is 1. The maximum Gasteiger partial charge on any atom is 0.407 e. The summed E-state index contributed by atoms with van der Waals surface area (Å²) in [6, 6.07) is 5.71. The van der Waals surface area contributed by atoms with Crippen molar-refractivity contribution in [1.82, 2.24) is 26.2 Å². The fraction of sp³-hybridized carbons (Fsp3) is 0.753. The number of carbonyl (C=O) groups excluding carboxylic acids is 8. The Kier molecular flexibility index (Phi) is 36.7. The van der Waals surface area contributed by atoms with Gasteiger partial charge in [0.2, 0.25) is 23.6 Å². The highest BCUT2D eigenvalue weighted by Gasteiger charge is 2.51. The molecule has 2 bridgehead atoms. The fourth-order valence-corrected chi connectivity index (χ4v) is 13.3. The lowest BCUT2D eigenvalue weighted by Crippen LogP contribution is -2.51. The number of nitrogens with one attached hydrogen (secondary N) is 5. The lowest BCUT2D eigenvalue weighted by molar-refractivity contribution is -0.180. The van der Waals surface area contributed by atoms with Crippen molar-refractivity contribution in [3.05, 3.63) is 54.1 Å². The lowest BCUT2D eigenvalue weighted by Gasteiger charge is -2.38. The molecule has 1 aromatic carbocycles.